The third kappa shape index (κ3) is 46.0. The number of esters is 2. The number of hydrogen-bond acceptors (Lipinski definition) is 9. The summed E-state index contributed by atoms with van der Waals surface area (Å²) in [5.41, 5.74) is 0. The van der Waals surface area contributed by atoms with Gasteiger partial charge in [0.15, 0.2) is 6.10 Å². The Bertz CT molecular complexity index is 1420. The first-order valence-corrected chi connectivity index (χ1v) is 24.1. The number of hydrogen-bond donors (Lipinski definition) is 1. The fraction of sp³-hybridized carbons (Fsp3) is 0.600. The van der Waals surface area contributed by atoms with Crippen LogP contribution >= 0.6 is 7.82 Å². The van der Waals surface area contributed by atoms with E-state index < -0.39 is 32.5 Å². The van der Waals surface area contributed by atoms with E-state index in [1.165, 1.54) is 25.7 Å². The molecule has 1 unspecified atom stereocenters. The Morgan fingerprint density at radius 1 is 0.590 bits per heavy atom. The topological polar surface area (TPSA) is 131 Å². The van der Waals surface area contributed by atoms with Crippen LogP contribution in [0.25, 0.3) is 0 Å². The van der Waals surface area contributed by atoms with Gasteiger partial charge in [-0.2, -0.15) is 0 Å². The van der Waals surface area contributed by atoms with E-state index in [1.807, 2.05) is 52.4 Å². The number of allylic oxidation sites excluding steroid dienone is 18. The highest BCUT2D eigenvalue weighted by Gasteiger charge is 2.21. The van der Waals surface area contributed by atoms with Gasteiger partial charge in [-0.25, -0.2) is 0 Å². The fourth-order valence-corrected chi connectivity index (χ4v) is 5.96. The van der Waals surface area contributed by atoms with Crippen LogP contribution in [0, 0.1) is 0 Å². The molecule has 0 rings (SSSR count). The number of nitrogens with zero attached hydrogens (tertiary/aromatic N) is 1. The zero-order chi connectivity index (χ0) is 45.1. The summed E-state index contributed by atoms with van der Waals surface area (Å²) in [6.07, 6.45) is 52.7. The van der Waals surface area contributed by atoms with Gasteiger partial charge in [-0.1, -0.05) is 129 Å². The molecular weight excluding hydrogens is 790 g/mol. The largest absolute Gasteiger partial charge is 0.756 e. The van der Waals surface area contributed by atoms with Crippen molar-refractivity contribution in [3.05, 3.63) is 109 Å². The van der Waals surface area contributed by atoms with Crippen molar-refractivity contribution in [2.24, 2.45) is 0 Å². The first kappa shape index (κ1) is 57.6. The predicted octanol–water partition coefficient (Wildman–Crippen LogP) is 11.5. The number of aliphatic hydroxyl groups is 1. The van der Waals surface area contributed by atoms with Gasteiger partial charge in [-0.05, 0) is 103 Å². The minimum absolute atomic E-state index is 0.0643. The van der Waals surface area contributed by atoms with Gasteiger partial charge in [-0.15, -0.1) is 0 Å². The van der Waals surface area contributed by atoms with Crippen molar-refractivity contribution in [1.82, 2.24) is 0 Å². The molecule has 0 aliphatic heterocycles. The molecule has 0 aliphatic rings. The van der Waals surface area contributed by atoms with E-state index in [1.54, 1.807) is 0 Å². The van der Waals surface area contributed by atoms with E-state index in [4.69, 9.17) is 18.5 Å². The van der Waals surface area contributed by atoms with Crippen LogP contribution in [0.4, 0.5) is 0 Å². The first-order valence-electron chi connectivity index (χ1n) is 22.6. The number of phosphoric acid groups is 1. The maximum absolute atomic E-state index is 12.7. The van der Waals surface area contributed by atoms with Gasteiger partial charge in [0.05, 0.1) is 33.9 Å². The van der Waals surface area contributed by atoms with Gasteiger partial charge in [0.1, 0.15) is 19.8 Å². The smallest absolute Gasteiger partial charge is 0.306 e. The van der Waals surface area contributed by atoms with Crippen LogP contribution in [0.5, 0.6) is 0 Å². The van der Waals surface area contributed by atoms with Gasteiger partial charge in [0, 0.05) is 12.8 Å². The Balaban J connectivity index is 4.59. The van der Waals surface area contributed by atoms with Gasteiger partial charge >= 0.3 is 11.9 Å². The molecule has 61 heavy (non-hydrogen) atoms. The van der Waals surface area contributed by atoms with Crippen LogP contribution in [-0.4, -0.2) is 81.2 Å². The van der Waals surface area contributed by atoms with Crippen molar-refractivity contribution in [3.8, 4) is 0 Å². The quantitative estimate of drug-likeness (QED) is 0.0211. The predicted molar refractivity (Wildman–Crippen MR) is 251 cm³/mol. The minimum atomic E-state index is -4.67. The van der Waals surface area contributed by atoms with E-state index >= 15 is 0 Å². The molecule has 0 aliphatic carbocycles. The summed E-state index contributed by atoms with van der Waals surface area (Å²) in [5.74, 6) is -1.03. The lowest BCUT2D eigenvalue weighted by Gasteiger charge is -2.28. The first-order chi connectivity index (χ1) is 29.3. The second-order valence-corrected chi connectivity index (χ2v) is 17.4. The van der Waals surface area contributed by atoms with E-state index in [0.717, 1.165) is 64.2 Å². The van der Waals surface area contributed by atoms with Gasteiger partial charge in [0.25, 0.3) is 7.82 Å². The second-order valence-electron chi connectivity index (χ2n) is 16.0. The lowest BCUT2D eigenvalue weighted by atomic mass is 10.1. The molecular formula is C50H82NO9P. The summed E-state index contributed by atoms with van der Waals surface area (Å²) >= 11 is 0. The van der Waals surface area contributed by atoms with E-state index in [2.05, 4.69) is 92.0 Å². The number of carbonyl (C=O) groups is 2. The van der Waals surface area contributed by atoms with Crippen molar-refractivity contribution in [2.45, 2.75) is 148 Å². The average Bonchev–Trinajstić information content (AvgIpc) is 3.20. The molecule has 0 heterocycles. The van der Waals surface area contributed by atoms with Crippen molar-refractivity contribution in [1.29, 1.82) is 0 Å². The number of phosphoric ester groups is 1. The van der Waals surface area contributed by atoms with Crippen LogP contribution in [-0.2, 0) is 32.7 Å². The number of carbonyl (C=O) groups excluding carboxylic acids is 2. The molecule has 0 aromatic carbocycles. The normalized spacial score (nSPS) is 15.1. The lowest BCUT2D eigenvalue weighted by Crippen LogP contribution is -2.37. The van der Waals surface area contributed by atoms with Crippen molar-refractivity contribution < 1.29 is 47.2 Å². The molecule has 1 N–H and O–H groups in total. The lowest BCUT2D eigenvalue weighted by molar-refractivity contribution is -0.870. The van der Waals surface area contributed by atoms with E-state index in [-0.39, 0.29) is 32.2 Å². The molecule has 10 nitrogen and oxygen atoms in total. The number of rotatable bonds is 39. The third-order valence-electron chi connectivity index (χ3n) is 8.80. The molecule has 0 bridgehead atoms. The molecule has 346 valence electrons. The zero-order valence-electron chi connectivity index (χ0n) is 38.4. The summed E-state index contributed by atoms with van der Waals surface area (Å²) in [7, 11) is 1.05. The SMILES string of the molecule is CCCCC/C=C\C/C=C\C/C=C\C/C=C\C/C=C\CCC(=O)OC[C@H](COP(=O)([O-])OCC[N+](C)(C)C)OC(=O)CCC/C=C\C/C=C\C/C=C\C/C=C\CCC[C@H](C)O. The molecule has 11 heteroatoms. The number of aliphatic hydroxyl groups excluding tert-OH is 1. The third-order valence-corrected chi connectivity index (χ3v) is 9.76. The standard InChI is InChI=1S/C50H82NO9P/c1-6-7-8-9-10-11-12-13-14-15-16-17-20-23-26-29-32-35-38-41-49(53)57-45-48(46-59-61(55,56)58-44-43-51(3,4)5)60-50(54)42-39-36-33-30-27-24-21-18-19-22-25-28-31-34-37-40-47(2)52/h10-11,13-14,16-17,19,21-24,26,28,30-33,35,47-48,52H,6-9,12,15,18,20,25,27,29,34,36-46H2,1-5H3/b11-10-,14-13-,17-16-,22-19-,24-21-,26-23-,31-28-,33-30-,35-32-/t47-,48+/m0/s1. The maximum Gasteiger partial charge on any atom is 0.306 e. The van der Waals surface area contributed by atoms with Crippen LogP contribution < -0.4 is 4.89 Å². The Kier molecular flexibility index (Phi) is 38.4. The number of unbranched alkanes of at least 4 members (excludes halogenated alkanes) is 5. The van der Waals surface area contributed by atoms with Crippen LogP contribution in [0.3, 0.4) is 0 Å². The summed E-state index contributed by atoms with van der Waals surface area (Å²) < 4.78 is 33.7. The Hall–Kier alpha value is -3.37. The van der Waals surface area contributed by atoms with E-state index in [0.29, 0.717) is 30.3 Å². The number of likely N-dealkylation sites (N-methyl/N-ethyl adjacent to an activating group) is 1. The summed E-state index contributed by atoms with van der Waals surface area (Å²) in [5, 5.41) is 9.28. The zero-order valence-corrected chi connectivity index (χ0v) is 39.3. The molecule has 0 aromatic rings. The Morgan fingerprint density at radius 2 is 1.03 bits per heavy atom. The van der Waals surface area contributed by atoms with Crippen molar-refractivity contribution in [3.63, 3.8) is 0 Å². The Morgan fingerprint density at radius 3 is 1.49 bits per heavy atom. The highest BCUT2D eigenvalue weighted by atomic mass is 31.2. The summed E-state index contributed by atoms with van der Waals surface area (Å²) in [6.45, 7) is 3.56. The monoisotopic (exact) mass is 872 g/mol. The summed E-state index contributed by atoms with van der Waals surface area (Å²) in [4.78, 5) is 37.5. The maximum atomic E-state index is 12.7. The Labute approximate surface area is 370 Å². The molecule has 0 saturated carbocycles. The number of ether oxygens (including phenoxy) is 2. The second kappa shape index (κ2) is 40.7. The van der Waals surface area contributed by atoms with Gasteiger partial charge in [-0.3, -0.25) is 14.2 Å². The summed E-state index contributed by atoms with van der Waals surface area (Å²) in [6, 6.07) is 0. The highest BCUT2D eigenvalue weighted by Crippen LogP contribution is 2.38. The highest BCUT2D eigenvalue weighted by molar-refractivity contribution is 7.45. The minimum Gasteiger partial charge on any atom is -0.756 e. The molecule has 0 aromatic heterocycles. The van der Waals surface area contributed by atoms with Crippen LogP contribution in [0.1, 0.15) is 136 Å². The number of quaternary nitrogens is 1. The molecule has 0 radical (unpaired) electrons. The molecule has 0 saturated heterocycles. The van der Waals surface area contributed by atoms with Gasteiger partial charge < -0.3 is 33.0 Å². The van der Waals surface area contributed by atoms with Crippen molar-refractivity contribution in [2.75, 3.05) is 47.5 Å². The molecule has 3 atom stereocenters. The molecule has 0 fully saturated rings. The average molecular weight is 872 g/mol. The van der Waals surface area contributed by atoms with Crippen LogP contribution in [0.15, 0.2) is 109 Å². The van der Waals surface area contributed by atoms with Crippen molar-refractivity contribution >= 4 is 19.8 Å². The van der Waals surface area contributed by atoms with Gasteiger partial charge in [0.2, 0.25) is 0 Å². The molecule has 0 spiro atoms. The van der Waals surface area contributed by atoms with E-state index in [9.17, 15) is 24.2 Å². The van der Waals surface area contributed by atoms with Crippen LogP contribution in [0.2, 0.25) is 0 Å². The fourth-order valence-electron chi connectivity index (χ4n) is 5.23. The molecule has 0 amide bonds.